The lowest BCUT2D eigenvalue weighted by Gasteiger charge is -2.48. The van der Waals surface area contributed by atoms with Gasteiger partial charge in [-0.05, 0) is 19.1 Å². The lowest BCUT2D eigenvalue weighted by atomic mass is 9.97. The molecule has 2 saturated heterocycles. The van der Waals surface area contributed by atoms with Crippen LogP contribution in [0.5, 0.6) is 0 Å². The summed E-state index contributed by atoms with van der Waals surface area (Å²) in [5, 5.41) is 0. The summed E-state index contributed by atoms with van der Waals surface area (Å²) in [5.41, 5.74) is 2.94. The molecule has 2 aromatic rings. The quantitative estimate of drug-likeness (QED) is 0.394. The molecule has 0 saturated carbocycles. The Morgan fingerprint density at radius 2 is 1.67 bits per heavy atom. The van der Waals surface area contributed by atoms with Gasteiger partial charge in [0.2, 0.25) is 0 Å². The minimum atomic E-state index is -0.890. The van der Waals surface area contributed by atoms with Gasteiger partial charge in [0, 0.05) is 23.8 Å². The van der Waals surface area contributed by atoms with E-state index in [4.69, 9.17) is 23.8 Å². The maximum atomic E-state index is 12.7. The molecule has 4 rings (SSSR count). The summed E-state index contributed by atoms with van der Waals surface area (Å²) in [4.78, 5) is 41.9. The van der Waals surface area contributed by atoms with Crippen molar-refractivity contribution < 1.29 is 38.2 Å². The molecule has 192 valence electrons. The fraction of sp³-hybridized carbons (Fsp3) is 0.423. The Bertz CT molecular complexity index is 1040. The number of nitrogens with one attached hydrogen (secondary N) is 1. The normalized spacial score (nSPS) is 27.5. The number of hydrogen-bond donors (Lipinski definition) is 1. The molecular formula is C26H29NO8S. The maximum Gasteiger partial charge on any atom is 0.321 e. The first kappa shape index (κ1) is 26.3. The second kappa shape index (κ2) is 12.5. The zero-order valence-electron chi connectivity index (χ0n) is 20.0. The van der Waals surface area contributed by atoms with E-state index in [9.17, 15) is 14.4 Å². The Morgan fingerprint density at radius 3 is 2.33 bits per heavy atom. The molecular weight excluding hydrogens is 486 g/mol. The molecule has 0 aliphatic carbocycles. The average molecular weight is 516 g/mol. The van der Waals surface area contributed by atoms with Gasteiger partial charge in [0.1, 0.15) is 29.5 Å². The standard InChI is InChI=1S/C26H29NO8S/c1-16(28)13-14-21(30)33-24-22(27-35-17(2)29)26(36-19-11-7-4-8-12-19)32-20-15-31-25(34-23(20)24)18-9-5-3-6-10-18/h3-12,20,22-27H,13-15H2,1-2H3/t20-,22-,23+,24-,25+,26+/m1/s1. The van der Waals surface area contributed by atoms with Crippen LogP contribution in [0.4, 0.5) is 0 Å². The van der Waals surface area contributed by atoms with E-state index in [2.05, 4.69) is 5.48 Å². The van der Waals surface area contributed by atoms with Crippen molar-refractivity contribution in [3.8, 4) is 0 Å². The van der Waals surface area contributed by atoms with Crippen molar-refractivity contribution in [1.82, 2.24) is 5.48 Å². The van der Waals surface area contributed by atoms with Crippen LogP contribution in [0.2, 0.25) is 0 Å². The lowest BCUT2D eigenvalue weighted by molar-refractivity contribution is -0.312. The van der Waals surface area contributed by atoms with Gasteiger partial charge >= 0.3 is 11.9 Å². The molecule has 1 N–H and O–H groups in total. The van der Waals surface area contributed by atoms with E-state index >= 15 is 0 Å². The zero-order chi connectivity index (χ0) is 25.5. The van der Waals surface area contributed by atoms with Crippen LogP contribution in [0.3, 0.4) is 0 Å². The third-order valence-corrected chi connectivity index (χ3v) is 6.87. The molecule has 0 aromatic heterocycles. The number of hydrogen-bond acceptors (Lipinski definition) is 10. The van der Waals surface area contributed by atoms with Crippen LogP contribution in [-0.2, 0) is 38.2 Å². The summed E-state index contributed by atoms with van der Waals surface area (Å²) < 4.78 is 24.5. The number of Topliss-reactive ketones (excluding diaryl/α,β-unsaturated/α-hetero) is 1. The number of benzene rings is 2. The van der Waals surface area contributed by atoms with Crippen molar-refractivity contribution in [2.24, 2.45) is 0 Å². The molecule has 2 aliphatic rings. The van der Waals surface area contributed by atoms with Crippen LogP contribution in [0.25, 0.3) is 0 Å². The molecule has 36 heavy (non-hydrogen) atoms. The Morgan fingerprint density at radius 1 is 0.972 bits per heavy atom. The fourth-order valence-corrected chi connectivity index (χ4v) is 5.13. The molecule has 10 heteroatoms. The SMILES string of the molecule is CC(=O)CCC(=O)O[C@@H]1[C@@H](NOC(C)=O)[C@H](Sc2ccccc2)O[C@@H]2CO[C@H](c3ccccc3)O[C@H]12. The molecule has 2 fully saturated rings. The lowest BCUT2D eigenvalue weighted by Crippen LogP contribution is -2.66. The van der Waals surface area contributed by atoms with Crippen molar-refractivity contribution >= 4 is 29.5 Å². The molecule has 2 heterocycles. The highest BCUT2D eigenvalue weighted by molar-refractivity contribution is 7.99. The number of thioether (sulfide) groups is 1. The minimum Gasteiger partial charge on any atom is -0.458 e. The molecule has 0 radical (unpaired) electrons. The van der Waals surface area contributed by atoms with E-state index in [0.717, 1.165) is 10.5 Å². The highest BCUT2D eigenvalue weighted by Crippen LogP contribution is 2.40. The highest BCUT2D eigenvalue weighted by Gasteiger charge is 2.52. The van der Waals surface area contributed by atoms with Gasteiger partial charge in [-0.3, -0.25) is 9.59 Å². The van der Waals surface area contributed by atoms with Crippen molar-refractivity contribution in [2.75, 3.05) is 6.61 Å². The number of ether oxygens (including phenoxy) is 4. The van der Waals surface area contributed by atoms with E-state index in [1.165, 1.54) is 25.6 Å². The minimum absolute atomic E-state index is 0.0665. The summed E-state index contributed by atoms with van der Waals surface area (Å²) in [6.45, 7) is 2.89. The Balaban J connectivity index is 1.62. The molecule has 6 atom stereocenters. The van der Waals surface area contributed by atoms with E-state index in [1.807, 2.05) is 60.7 Å². The summed E-state index contributed by atoms with van der Waals surface area (Å²) in [6.07, 6.45) is -2.85. The summed E-state index contributed by atoms with van der Waals surface area (Å²) in [7, 11) is 0. The first-order valence-corrected chi connectivity index (χ1v) is 12.6. The van der Waals surface area contributed by atoms with Crippen molar-refractivity contribution in [3.63, 3.8) is 0 Å². The number of esters is 1. The first-order valence-electron chi connectivity index (χ1n) is 11.7. The third kappa shape index (κ3) is 6.92. The fourth-order valence-electron chi connectivity index (χ4n) is 3.99. The van der Waals surface area contributed by atoms with Crippen molar-refractivity contribution in [2.45, 2.75) is 67.7 Å². The summed E-state index contributed by atoms with van der Waals surface area (Å²) >= 11 is 1.39. The van der Waals surface area contributed by atoms with Crippen LogP contribution in [0.1, 0.15) is 38.5 Å². The van der Waals surface area contributed by atoms with E-state index in [1.54, 1.807) is 0 Å². The van der Waals surface area contributed by atoms with Gasteiger partial charge in [-0.25, -0.2) is 0 Å². The summed E-state index contributed by atoms with van der Waals surface area (Å²) in [6, 6.07) is 18.2. The topological polar surface area (TPSA) is 109 Å². The third-order valence-electron chi connectivity index (χ3n) is 5.69. The van der Waals surface area contributed by atoms with Crippen LogP contribution >= 0.6 is 11.8 Å². The Hall–Kier alpha value is -2.76. The predicted molar refractivity (Wildman–Crippen MR) is 129 cm³/mol. The molecule has 9 nitrogen and oxygen atoms in total. The second-order valence-corrected chi connectivity index (χ2v) is 9.72. The van der Waals surface area contributed by atoms with Gasteiger partial charge in [-0.15, -0.1) is 5.48 Å². The molecule has 0 amide bonds. The number of hydroxylamine groups is 1. The summed E-state index contributed by atoms with van der Waals surface area (Å²) in [5.74, 6) is -1.23. The smallest absolute Gasteiger partial charge is 0.321 e. The maximum absolute atomic E-state index is 12.7. The molecule has 2 aliphatic heterocycles. The Kier molecular flexibility index (Phi) is 9.11. The molecule has 2 aromatic carbocycles. The van der Waals surface area contributed by atoms with Gasteiger partial charge in [-0.1, -0.05) is 60.3 Å². The molecule has 0 unspecified atom stereocenters. The van der Waals surface area contributed by atoms with Gasteiger partial charge in [0.25, 0.3) is 0 Å². The van der Waals surface area contributed by atoms with Gasteiger partial charge < -0.3 is 28.6 Å². The van der Waals surface area contributed by atoms with Gasteiger partial charge in [-0.2, -0.15) is 0 Å². The average Bonchev–Trinajstić information content (AvgIpc) is 2.88. The van der Waals surface area contributed by atoms with Crippen molar-refractivity contribution in [3.05, 3.63) is 66.2 Å². The van der Waals surface area contributed by atoms with Crippen molar-refractivity contribution in [1.29, 1.82) is 0 Å². The molecule has 0 spiro atoms. The number of carbonyl (C=O) groups excluding carboxylic acids is 3. The number of ketones is 1. The monoisotopic (exact) mass is 515 g/mol. The van der Waals surface area contributed by atoms with E-state index < -0.39 is 48.0 Å². The first-order chi connectivity index (χ1) is 17.4. The highest BCUT2D eigenvalue weighted by atomic mass is 32.2. The van der Waals surface area contributed by atoms with Crippen LogP contribution < -0.4 is 5.48 Å². The van der Waals surface area contributed by atoms with Crippen LogP contribution in [0, 0.1) is 0 Å². The van der Waals surface area contributed by atoms with Crippen LogP contribution in [0.15, 0.2) is 65.6 Å². The number of rotatable bonds is 9. The second-order valence-electron chi connectivity index (χ2n) is 8.54. The van der Waals surface area contributed by atoms with E-state index in [-0.39, 0.29) is 25.2 Å². The number of carbonyl (C=O) groups is 3. The van der Waals surface area contributed by atoms with E-state index in [0.29, 0.717) is 0 Å². The van der Waals surface area contributed by atoms with Crippen LogP contribution in [-0.4, -0.2) is 54.1 Å². The molecule has 0 bridgehead atoms. The van der Waals surface area contributed by atoms with Gasteiger partial charge in [0.05, 0.1) is 13.0 Å². The predicted octanol–water partition coefficient (Wildman–Crippen LogP) is 3.34. The zero-order valence-corrected chi connectivity index (χ0v) is 20.8. The number of fused-ring (bicyclic) bond motifs is 1. The Labute approximate surface area is 213 Å². The largest absolute Gasteiger partial charge is 0.458 e. The van der Waals surface area contributed by atoms with Gasteiger partial charge in [0.15, 0.2) is 12.4 Å².